The van der Waals surface area contributed by atoms with Gasteiger partial charge in [-0.1, -0.05) is 91.0 Å². The Hall–Kier alpha value is -2.65. The molecular weight excluding hydrogens is 336 g/mol. The molecule has 0 saturated carbocycles. The summed E-state index contributed by atoms with van der Waals surface area (Å²) >= 11 is 5.76. The van der Waals surface area contributed by atoms with Crippen molar-refractivity contribution in [3.05, 3.63) is 108 Å². The molecule has 0 amide bonds. The van der Waals surface area contributed by atoms with Crippen molar-refractivity contribution in [3.8, 4) is 0 Å². The van der Waals surface area contributed by atoms with Gasteiger partial charge in [-0.25, -0.2) is 0 Å². The van der Waals surface area contributed by atoms with Gasteiger partial charge < -0.3 is 10.2 Å². The van der Waals surface area contributed by atoms with E-state index in [1.54, 1.807) is 0 Å². The molecule has 1 N–H and O–H groups in total. The maximum atomic E-state index is 5.76. The summed E-state index contributed by atoms with van der Waals surface area (Å²) in [5.41, 5.74) is 3.73. The Labute approximate surface area is 161 Å². The fraction of sp³-hybridized carbons (Fsp3) is 0.174. The van der Waals surface area contributed by atoms with Crippen molar-refractivity contribution < 1.29 is 0 Å². The van der Waals surface area contributed by atoms with Crippen LogP contribution in [0.5, 0.6) is 0 Å². The van der Waals surface area contributed by atoms with Crippen LogP contribution in [0.4, 0.5) is 0 Å². The van der Waals surface area contributed by atoms with Gasteiger partial charge in [0.1, 0.15) is 0 Å². The van der Waals surface area contributed by atoms with E-state index in [4.69, 9.17) is 12.2 Å². The molecule has 2 nitrogen and oxygen atoms in total. The lowest BCUT2D eigenvalue weighted by molar-refractivity contribution is 0.393. The average molecular weight is 361 g/mol. The van der Waals surface area contributed by atoms with Gasteiger partial charge in [0.05, 0.1) is 6.04 Å². The first kappa shape index (κ1) is 18.2. The third-order valence-electron chi connectivity index (χ3n) is 4.36. The summed E-state index contributed by atoms with van der Waals surface area (Å²) in [5, 5.41) is 4.27. The Balaban J connectivity index is 1.74. The summed E-state index contributed by atoms with van der Waals surface area (Å²) in [6.45, 7) is 3.71. The molecule has 1 atom stereocenters. The van der Waals surface area contributed by atoms with Crippen molar-refractivity contribution in [1.29, 1.82) is 0 Å². The fourth-order valence-electron chi connectivity index (χ4n) is 2.91. The van der Waals surface area contributed by atoms with Crippen molar-refractivity contribution in [1.82, 2.24) is 10.2 Å². The molecule has 132 valence electrons. The van der Waals surface area contributed by atoms with Crippen LogP contribution in [0, 0.1) is 0 Å². The van der Waals surface area contributed by atoms with Crippen LogP contribution in [0.25, 0.3) is 0 Å². The smallest absolute Gasteiger partial charge is 0.170 e. The lowest BCUT2D eigenvalue weighted by Gasteiger charge is -2.28. The summed E-state index contributed by atoms with van der Waals surface area (Å²) < 4.78 is 0. The SMILES string of the molecule is CC(NC(=S)N(Cc1ccccc1)Cc1ccccc1)c1ccccc1. The van der Waals surface area contributed by atoms with E-state index in [0.29, 0.717) is 0 Å². The molecule has 3 aromatic carbocycles. The first-order valence-electron chi connectivity index (χ1n) is 8.90. The Morgan fingerprint density at radius 3 is 1.65 bits per heavy atom. The summed E-state index contributed by atoms with van der Waals surface area (Å²) in [5.74, 6) is 0. The molecule has 0 fully saturated rings. The number of hydrogen-bond donors (Lipinski definition) is 1. The van der Waals surface area contributed by atoms with E-state index in [9.17, 15) is 0 Å². The largest absolute Gasteiger partial charge is 0.356 e. The van der Waals surface area contributed by atoms with Gasteiger partial charge in [-0.3, -0.25) is 0 Å². The zero-order valence-corrected chi connectivity index (χ0v) is 15.8. The third kappa shape index (κ3) is 5.17. The van der Waals surface area contributed by atoms with Crippen molar-refractivity contribution in [2.45, 2.75) is 26.1 Å². The van der Waals surface area contributed by atoms with Gasteiger partial charge in [-0.15, -0.1) is 0 Å². The number of hydrogen-bond acceptors (Lipinski definition) is 1. The van der Waals surface area contributed by atoms with Crippen LogP contribution in [0.15, 0.2) is 91.0 Å². The minimum absolute atomic E-state index is 0.165. The summed E-state index contributed by atoms with van der Waals surface area (Å²) in [4.78, 5) is 2.22. The topological polar surface area (TPSA) is 15.3 Å². The lowest BCUT2D eigenvalue weighted by Crippen LogP contribution is -2.40. The van der Waals surface area contributed by atoms with E-state index in [1.165, 1.54) is 16.7 Å². The van der Waals surface area contributed by atoms with Crippen molar-refractivity contribution >= 4 is 17.3 Å². The zero-order chi connectivity index (χ0) is 18.2. The van der Waals surface area contributed by atoms with Crippen LogP contribution in [-0.4, -0.2) is 10.0 Å². The normalized spacial score (nSPS) is 11.6. The Kier molecular flexibility index (Phi) is 6.39. The number of thiocarbonyl (C=S) groups is 1. The van der Waals surface area contributed by atoms with E-state index in [-0.39, 0.29) is 6.04 Å². The molecule has 26 heavy (non-hydrogen) atoms. The first-order chi connectivity index (χ1) is 12.7. The number of nitrogens with one attached hydrogen (secondary N) is 1. The minimum Gasteiger partial charge on any atom is -0.356 e. The highest BCUT2D eigenvalue weighted by atomic mass is 32.1. The van der Waals surface area contributed by atoms with E-state index in [2.05, 4.69) is 89.9 Å². The van der Waals surface area contributed by atoms with Crippen LogP contribution >= 0.6 is 12.2 Å². The quantitative estimate of drug-likeness (QED) is 0.599. The van der Waals surface area contributed by atoms with Gasteiger partial charge in [-0.05, 0) is 35.8 Å². The monoisotopic (exact) mass is 360 g/mol. The highest BCUT2D eigenvalue weighted by Gasteiger charge is 2.14. The lowest BCUT2D eigenvalue weighted by atomic mass is 10.1. The van der Waals surface area contributed by atoms with Crippen LogP contribution in [-0.2, 0) is 13.1 Å². The van der Waals surface area contributed by atoms with Gasteiger partial charge in [-0.2, -0.15) is 0 Å². The molecule has 0 aliphatic heterocycles. The fourth-order valence-corrected chi connectivity index (χ4v) is 3.21. The molecule has 0 radical (unpaired) electrons. The molecule has 0 bridgehead atoms. The summed E-state index contributed by atoms with van der Waals surface area (Å²) in [6.07, 6.45) is 0. The minimum atomic E-state index is 0.165. The number of rotatable bonds is 6. The molecule has 0 aliphatic carbocycles. The molecule has 0 aromatic heterocycles. The highest BCUT2D eigenvalue weighted by Crippen LogP contribution is 2.15. The predicted octanol–water partition coefficient (Wildman–Crippen LogP) is 5.32. The maximum Gasteiger partial charge on any atom is 0.170 e. The molecule has 3 aromatic rings. The molecule has 0 spiro atoms. The Morgan fingerprint density at radius 1 is 0.769 bits per heavy atom. The standard InChI is InChI=1S/C23H24N2S/c1-19(22-15-9-4-10-16-22)24-23(26)25(17-20-11-5-2-6-12-20)18-21-13-7-3-8-14-21/h2-16,19H,17-18H2,1H3,(H,24,26). The Morgan fingerprint density at radius 2 is 1.19 bits per heavy atom. The molecule has 1 unspecified atom stereocenters. The van der Waals surface area contributed by atoms with Crippen LogP contribution < -0.4 is 5.32 Å². The number of nitrogens with zero attached hydrogens (tertiary/aromatic N) is 1. The second-order valence-corrected chi connectivity index (χ2v) is 6.80. The van der Waals surface area contributed by atoms with Crippen LogP contribution in [0.3, 0.4) is 0 Å². The predicted molar refractivity (Wildman–Crippen MR) is 113 cm³/mol. The van der Waals surface area contributed by atoms with E-state index in [1.807, 2.05) is 18.2 Å². The van der Waals surface area contributed by atoms with E-state index >= 15 is 0 Å². The van der Waals surface area contributed by atoms with Gasteiger partial charge >= 0.3 is 0 Å². The van der Waals surface area contributed by atoms with Gasteiger partial charge in [0, 0.05) is 13.1 Å². The van der Waals surface area contributed by atoms with Gasteiger partial charge in [0.15, 0.2) is 5.11 Å². The molecule has 3 rings (SSSR count). The summed E-state index contributed by atoms with van der Waals surface area (Å²) in [6, 6.07) is 31.5. The van der Waals surface area contributed by atoms with Crippen molar-refractivity contribution in [2.24, 2.45) is 0 Å². The first-order valence-corrected chi connectivity index (χ1v) is 9.31. The molecule has 0 aliphatic rings. The zero-order valence-electron chi connectivity index (χ0n) is 15.0. The van der Waals surface area contributed by atoms with E-state index in [0.717, 1.165) is 18.2 Å². The third-order valence-corrected chi connectivity index (χ3v) is 4.74. The maximum absolute atomic E-state index is 5.76. The second-order valence-electron chi connectivity index (χ2n) is 6.41. The van der Waals surface area contributed by atoms with Crippen LogP contribution in [0.1, 0.15) is 29.7 Å². The van der Waals surface area contributed by atoms with Crippen molar-refractivity contribution in [3.63, 3.8) is 0 Å². The summed E-state index contributed by atoms with van der Waals surface area (Å²) in [7, 11) is 0. The molecule has 0 saturated heterocycles. The second kappa shape index (κ2) is 9.16. The highest BCUT2D eigenvalue weighted by molar-refractivity contribution is 7.80. The van der Waals surface area contributed by atoms with Crippen LogP contribution in [0.2, 0.25) is 0 Å². The van der Waals surface area contributed by atoms with Gasteiger partial charge in [0.25, 0.3) is 0 Å². The molecule has 0 heterocycles. The molecular formula is C23H24N2S. The average Bonchev–Trinajstić information content (AvgIpc) is 2.69. The van der Waals surface area contributed by atoms with E-state index < -0.39 is 0 Å². The number of benzene rings is 3. The Bertz CT molecular complexity index is 762. The van der Waals surface area contributed by atoms with Crippen molar-refractivity contribution in [2.75, 3.05) is 0 Å². The molecule has 3 heteroatoms. The van der Waals surface area contributed by atoms with Gasteiger partial charge in [0.2, 0.25) is 0 Å².